The van der Waals surface area contributed by atoms with Crippen molar-refractivity contribution in [2.24, 2.45) is 34.0 Å². The fraction of sp³-hybridized carbons (Fsp3) is 0.750. The SMILES string of the molecule is C=C1[C@@H](O)[C@]23C[C@@]1(O)CC[C@H]2[C@]1(C(=O)O)CCC[C@](C)(C(=O)O)[C@H]1[C@@H]3C(=O)O. The molecule has 1 spiro atoms. The van der Waals surface area contributed by atoms with Crippen LogP contribution in [-0.4, -0.2) is 55.1 Å². The van der Waals surface area contributed by atoms with Crippen molar-refractivity contribution in [2.45, 2.75) is 57.2 Å². The Morgan fingerprint density at radius 2 is 1.71 bits per heavy atom. The molecule has 5 N–H and O–H groups in total. The Hall–Kier alpha value is -1.93. The maximum Gasteiger partial charge on any atom is 0.310 e. The quantitative estimate of drug-likeness (QED) is 0.446. The van der Waals surface area contributed by atoms with E-state index in [1.54, 1.807) is 0 Å². The van der Waals surface area contributed by atoms with Crippen LogP contribution in [0.15, 0.2) is 12.2 Å². The van der Waals surface area contributed by atoms with Crippen LogP contribution in [0, 0.1) is 34.0 Å². The Labute approximate surface area is 161 Å². The van der Waals surface area contributed by atoms with Crippen molar-refractivity contribution in [2.75, 3.05) is 0 Å². The molecule has 4 aliphatic rings. The van der Waals surface area contributed by atoms with Crippen molar-refractivity contribution in [3.05, 3.63) is 12.2 Å². The van der Waals surface area contributed by atoms with E-state index in [4.69, 9.17) is 0 Å². The zero-order valence-electron chi connectivity index (χ0n) is 15.7. The van der Waals surface area contributed by atoms with Gasteiger partial charge in [0.2, 0.25) is 0 Å². The molecule has 8 atom stereocenters. The smallest absolute Gasteiger partial charge is 0.310 e. The predicted octanol–water partition coefficient (Wildman–Crippen LogP) is 1.11. The zero-order chi connectivity index (χ0) is 20.9. The first-order valence-electron chi connectivity index (χ1n) is 9.69. The average molecular weight is 394 g/mol. The van der Waals surface area contributed by atoms with Gasteiger partial charge in [0.15, 0.2) is 0 Å². The van der Waals surface area contributed by atoms with Crippen molar-refractivity contribution in [3.63, 3.8) is 0 Å². The van der Waals surface area contributed by atoms with Crippen LogP contribution in [0.3, 0.4) is 0 Å². The van der Waals surface area contributed by atoms with Gasteiger partial charge in [-0.2, -0.15) is 0 Å². The molecule has 154 valence electrons. The molecule has 4 fully saturated rings. The standard InChI is InChI=1S/C20H26O8/c1-9-13(21)20-8-18(9,28)7-4-10(20)19(16(26)27)6-3-5-17(2,15(24)25)12(19)11(20)14(22)23/h10-13,21,28H,1,3-8H2,2H3,(H,22,23)(H,24,25)(H,26,27)/t10-,11+,12+,13+,17-,18-,19+,20+/m0/s1. The van der Waals surface area contributed by atoms with Crippen LogP contribution in [0.2, 0.25) is 0 Å². The van der Waals surface area contributed by atoms with Crippen molar-refractivity contribution < 1.29 is 39.9 Å². The van der Waals surface area contributed by atoms with E-state index in [2.05, 4.69) is 6.58 Å². The van der Waals surface area contributed by atoms with Gasteiger partial charge in [-0.25, -0.2) is 0 Å². The lowest BCUT2D eigenvalue weighted by Gasteiger charge is -2.49. The highest BCUT2D eigenvalue weighted by molar-refractivity contribution is 5.86. The Morgan fingerprint density at radius 3 is 2.25 bits per heavy atom. The van der Waals surface area contributed by atoms with Crippen LogP contribution in [0.25, 0.3) is 0 Å². The number of carboxylic acids is 3. The van der Waals surface area contributed by atoms with Gasteiger partial charge in [-0.3, -0.25) is 14.4 Å². The number of aliphatic hydroxyl groups is 2. The second-order valence-corrected chi connectivity index (χ2v) is 9.56. The minimum absolute atomic E-state index is 0.0944. The Bertz CT molecular complexity index is 806. The number of rotatable bonds is 3. The number of hydrogen-bond donors (Lipinski definition) is 5. The first kappa shape index (κ1) is 19.4. The molecule has 0 aromatic rings. The summed E-state index contributed by atoms with van der Waals surface area (Å²) < 4.78 is 0. The summed E-state index contributed by atoms with van der Waals surface area (Å²) in [5.41, 5.74) is -5.87. The monoisotopic (exact) mass is 394 g/mol. The average Bonchev–Trinajstić information content (AvgIpc) is 2.96. The lowest BCUT2D eigenvalue weighted by Crippen LogP contribution is -2.55. The molecule has 28 heavy (non-hydrogen) atoms. The molecule has 0 radical (unpaired) electrons. The van der Waals surface area contributed by atoms with E-state index >= 15 is 0 Å². The summed E-state index contributed by atoms with van der Waals surface area (Å²) in [5, 5.41) is 52.6. The first-order chi connectivity index (χ1) is 12.9. The largest absolute Gasteiger partial charge is 0.481 e. The molecule has 4 rings (SSSR count). The molecule has 4 saturated carbocycles. The zero-order valence-corrected chi connectivity index (χ0v) is 15.7. The van der Waals surface area contributed by atoms with Gasteiger partial charge in [0.05, 0.1) is 28.5 Å². The van der Waals surface area contributed by atoms with E-state index in [1.165, 1.54) is 6.92 Å². The second kappa shape index (κ2) is 5.36. The highest BCUT2D eigenvalue weighted by atomic mass is 16.4. The Kier molecular flexibility index (Phi) is 3.71. The van der Waals surface area contributed by atoms with Crippen LogP contribution >= 0.6 is 0 Å². The van der Waals surface area contributed by atoms with Gasteiger partial charge in [0.25, 0.3) is 0 Å². The third-order valence-corrected chi connectivity index (χ3v) is 8.75. The van der Waals surface area contributed by atoms with E-state index in [0.717, 1.165) is 0 Å². The van der Waals surface area contributed by atoms with Crippen LogP contribution in [0.1, 0.15) is 45.4 Å². The molecule has 0 amide bonds. The van der Waals surface area contributed by atoms with E-state index in [-0.39, 0.29) is 37.7 Å². The van der Waals surface area contributed by atoms with E-state index in [9.17, 15) is 39.9 Å². The normalized spacial score (nSPS) is 52.0. The maximum absolute atomic E-state index is 12.7. The summed E-state index contributed by atoms with van der Waals surface area (Å²) in [4.78, 5) is 37.5. The number of fused-ring (bicyclic) bond motifs is 3. The van der Waals surface area contributed by atoms with Crippen LogP contribution < -0.4 is 0 Å². The number of carboxylic acid groups (broad SMARTS) is 3. The minimum atomic E-state index is -1.57. The van der Waals surface area contributed by atoms with Gasteiger partial charge in [0, 0.05) is 11.3 Å². The summed E-state index contributed by atoms with van der Waals surface area (Å²) in [6.45, 7) is 5.23. The third-order valence-electron chi connectivity index (χ3n) is 8.75. The summed E-state index contributed by atoms with van der Waals surface area (Å²) in [6.07, 6.45) is -0.373. The summed E-state index contributed by atoms with van der Waals surface area (Å²) in [6, 6.07) is 0. The number of carbonyl (C=O) groups is 3. The van der Waals surface area contributed by atoms with Crippen LogP contribution in [0.4, 0.5) is 0 Å². The first-order valence-corrected chi connectivity index (χ1v) is 9.69. The van der Waals surface area contributed by atoms with Gasteiger partial charge < -0.3 is 25.5 Å². The van der Waals surface area contributed by atoms with Gasteiger partial charge in [0.1, 0.15) is 0 Å². The van der Waals surface area contributed by atoms with Crippen molar-refractivity contribution in [1.82, 2.24) is 0 Å². The Morgan fingerprint density at radius 1 is 1.07 bits per heavy atom. The summed E-state index contributed by atoms with van der Waals surface area (Å²) in [7, 11) is 0. The fourth-order valence-electron chi connectivity index (χ4n) is 7.74. The molecule has 0 aliphatic heterocycles. The number of aliphatic hydroxyl groups excluding tert-OH is 1. The molecular weight excluding hydrogens is 368 g/mol. The van der Waals surface area contributed by atoms with E-state index in [1.807, 2.05) is 0 Å². The molecule has 0 unspecified atom stereocenters. The van der Waals surface area contributed by atoms with Crippen molar-refractivity contribution in [1.29, 1.82) is 0 Å². The lowest BCUT2D eigenvalue weighted by atomic mass is 9.52. The predicted molar refractivity (Wildman–Crippen MR) is 94.1 cm³/mol. The summed E-state index contributed by atoms with van der Waals surface area (Å²) in [5.74, 6) is -7.05. The van der Waals surface area contributed by atoms with Gasteiger partial charge in [-0.15, -0.1) is 0 Å². The number of hydrogen-bond acceptors (Lipinski definition) is 5. The second-order valence-electron chi connectivity index (χ2n) is 9.56. The van der Waals surface area contributed by atoms with Crippen molar-refractivity contribution >= 4 is 17.9 Å². The van der Waals surface area contributed by atoms with Gasteiger partial charge >= 0.3 is 17.9 Å². The molecule has 0 saturated heterocycles. The fourth-order valence-corrected chi connectivity index (χ4v) is 7.74. The molecule has 8 nitrogen and oxygen atoms in total. The highest BCUT2D eigenvalue weighted by Crippen LogP contribution is 2.78. The summed E-state index contributed by atoms with van der Waals surface area (Å²) >= 11 is 0. The molecule has 8 heteroatoms. The topological polar surface area (TPSA) is 152 Å². The Balaban J connectivity index is 2.05. The van der Waals surface area contributed by atoms with Crippen LogP contribution in [-0.2, 0) is 14.4 Å². The lowest BCUT2D eigenvalue weighted by molar-refractivity contribution is -0.177. The highest BCUT2D eigenvalue weighted by Gasteiger charge is 2.82. The van der Waals surface area contributed by atoms with Gasteiger partial charge in [-0.1, -0.05) is 13.0 Å². The minimum Gasteiger partial charge on any atom is -0.481 e. The number of aliphatic carboxylic acids is 3. The molecule has 0 aromatic heterocycles. The molecule has 2 bridgehead atoms. The molecular formula is C20H26O8. The van der Waals surface area contributed by atoms with E-state index < -0.39 is 63.6 Å². The van der Waals surface area contributed by atoms with Crippen molar-refractivity contribution in [3.8, 4) is 0 Å². The molecule has 0 aromatic carbocycles. The van der Waals surface area contributed by atoms with Gasteiger partial charge in [-0.05, 0) is 50.5 Å². The van der Waals surface area contributed by atoms with E-state index in [0.29, 0.717) is 6.42 Å². The maximum atomic E-state index is 12.7. The third kappa shape index (κ3) is 1.81. The molecule has 0 heterocycles. The molecule has 4 aliphatic carbocycles. The van der Waals surface area contributed by atoms with Crippen LogP contribution in [0.5, 0.6) is 0 Å².